The van der Waals surface area contributed by atoms with Gasteiger partial charge in [-0.05, 0) is 30.4 Å². The summed E-state index contributed by atoms with van der Waals surface area (Å²) >= 11 is 0. The van der Waals surface area contributed by atoms with Crippen molar-refractivity contribution in [3.8, 4) is 11.5 Å². The molecule has 0 aliphatic heterocycles. The van der Waals surface area contributed by atoms with Gasteiger partial charge in [0.05, 0.1) is 13.2 Å². The number of phenolic OH excluding ortho intramolecular Hbond substituents is 2. The first-order valence-electron chi connectivity index (χ1n) is 7.14. The van der Waals surface area contributed by atoms with E-state index in [0.717, 1.165) is 0 Å². The molecule has 0 radical (unpaired) electrons. The maximum Gasteiger partial charge on any atom is 0.330 e. The molecule has 0 spiro atoms. The van der Waals surface area contributed by atoms with Crippen LogP contribution in [0.4, 0.5) is 0 Å². The molecule has 1 aromatic rings. The van der Waals surface area contributed by atoms with E-state index >= 15 is 0 Å². The number of benzene rings is 1. The number of phenols is 2. The van der Waals surface area contributed by atoms with Crippen LogP contribution in [0.15, 0.2) is 18.2 Å². The van der Waals surface area contributed by atoms with Crippen molar-refractivity contribution in [2.24, 2.45) is 0 Å². The van der Waals surface area contributed by atoms with Gasteiger partial charge in [-0.3, -0.25) is 4.57 Å². The van der Waals surface area contributed by atoms with Crippen LogP contribution in [-0.4, -0.2) is 35.1 Å². The smallest absolute Gasteiger partial charge is 0.330 e. The zero-order valence-corrected chi connectivity index (χ0v) is 14.5. The van der Waals surface area contributed by atoms with E-state index in [9.17, 15) is 14.8 Å². The van der Waals surface area contributed by atoms with Crippen LogP contribution < -0.4 is 0 Å². The van der Waals surface area contributed by atoms with E-state index in [1.54, 1.807) is 19.9 Å². The van der Waals surface area contributed by atoms with Crippen molar-refractivity contribution in [2.75, 3.05) is 19.4 Å². The fraction of sp³-hybridized carbons (Fsp3) is 0.600. The lowest BCUT2D eigenvalue weighted by Gasteiger charge is -2.27. The average molecular weight is 334 g/mol. The minimum Gasteiger partial charge on any atom is -0.508 e. The average Bonchev–Trinajstić information content (AvgIpc) is 2.38. The quantitative estimate of drug-likeness (QED) is 0.710. The van der Waals surface area contributed by atoms with Crippen LogP contribution in [0.3, 0.4) is 0 Å². The molecule has 0 saturated carbocycles. The highest BCUT2D eigenvalue weighted by Gasteiger charge is 2.27. The van der Waals surface area contributed by atoms with Crippen molar-refractivity contribution in [3.05, 3.63) is 23.8 Å². The third-order valence-electron chi connectivity index (χ3n) is 3.44. The molecular formula is C15H27O6P. The predicted molar refractivity (Wildman–Crippen MR) is 86.8 cm³/mol. The lowest BCUT2D eigenvalue weighted by molar-refractivity contribution is 0.197. The van der Waals surface area contributed by atoms with Crippen molar-refractivity contribution in [1.29, 1.82) is 0 Å². The van der Waals surface area contributed by atoms with Crippen LogP contribution in [0.25, 0.3) is 0 Å². The molecule has 0 fully saturated rings. The number of hydrogen-bond acceptors (Lipinski definition) is 5. The van der Waals surface area contributed by atoms with Gasteiger partial charge in [-0.15, -0.1) is 0 Å². The second-order valence-corrected chi connectivity index (χ2v) is 7.88. The van der Waals surface area contributed by atoms with Gasteiger partial charge in [0.2, 0.25) is 0 Å². The molecule has 1 rings (SSSR count). The second-order valence-electron chi connectivity index (χ2n) is 5.51. The largest absolute Gasteiger partial charge is 0.508 e. The minimum atomic E-state index is -3.00. The number of hydrogen-bond donors (Lipinski definition) is 2. The van der Waals surface area contributed by atoms with Gasteiger partial charge in [0.25, 0.3) is 0 Å². The summed E-state index contributed by atoms with van der Waals surface area (Å²) in [6, 6.07) is 4.54. The van der Waals surface area contributed by atoms with Gasteiger partial charge < -0.3 is 24.7 Å². The molecule has 0 heterocycles. The Bertz CT molecular complexity index is 515. The fourth-order valence-electron chi connectivity index (χ4n) is 2.08. The fourth-order valence-corrected chi connectivity index (χ4v) is 3.29. The van der Waals surface area contributed by atoms with Crippen molar-refractivity contribution in [3.63, 3.8) is 0 Å². The SMILES string of the molecule is CCOP(=O)(CC)OCCC(C)(C)c1ccc(O)cc1O.O. The molecule has 0 bridgehead atoms. The highest BCUT2D eigenvalue weighted by Crippen LogP contribution is 2.48. The molecule has 4 N–H and O–H groups in total. The molecule has 1 atom stereocenters. The first-order valence-corrected chi connectivity index (χ1v) is 8.87. The van der Waals surface area contributed by atoms with Crippen LogP contribution >= 0.6 is 7.60 Å². The summed E-state index contributed by atoms with van der Waals surface area (Å²) in [5.74, 6) is 0.0682. The minimum absolute atomic E-state index is 0. The Kier molecular flexibility index (Phi) is 8.12. The zero-order chi connectivity index (χ0) is 16.1. The number of rotatable bonds is 8. The number of aromatic hydroxyl groups is 2. The van der Waals surface area contributed by atoms with E-state index in [1.807, 2.05) is 13.8 Å². The summed E-state index contributed by atoms with van der Waals surface area (Å²) < 4.78 is 22.8. The summed E-state index contributed by atoms with van der Waals surface area (Å²) in [5.41, 5.74) is 0.342. The lowest BCUT2D eigenvalue weighted by Crippen LogP contribution is -2.20. The van der Waals surface area contributed by atoms with E-state index in [1.165, 1.54) is 12.1 Å². The van der Waals surface area contributed by atoms with Gasteiger partial charge in [-0.2, -0.15) is 0 Å². The molecule has 1 aromatic carbocycles. The normalized spacial score (nSPS) is 14.2. The van der Waals surface area contributed by atoms with Gasteiger partial charge in [0, 0.05) is 12.2 Å². The topological polar surface area (TPSA) is 107 Å². The molecule has 128 valence electrons. The molecule has 7 heteroatoms. The summed E-state index contributed by atoms with van der Waals surface area (Å²) in [6.07, 6.45) is 0.911. The van der Waals surface area contributed by atoms with Gasteiger partial charge >= 0.3 is 7.60 Å². The molecule has 6 nitrogen and oxygen atoms in total. The van der Waals surface area contributed by atoms with Gasteiger partial charge in [-0.1, -0.05) is 26.8 Å². The van der Waals surface area contributed by atoms with E-state index in [2.05, 4.69) is 0 Å². The molecule has 0 saturated heterocycles. The van der Waals surface area contributed by atoms with Crippen LogP contribution in [0.2, 0.25) is 0 Å². The molecular weight excluding hydrogens is 307 g/mol. The highest BCUT2D eigenvalue weighted by molar-refractivity contribution is 7.53. The highest BCUT2D eigenvalue weighted by atomic mass is 31.2. The molecule has 0 aliphatic rings. The van der Waals surface area contributed by atoms with Crippen molar-refractivity contribution >= 4 is 7.60 Å². The third kappa shape index (κ3) is 5.61. The zero-order valence-electron chi connectivity index (χ0n) is 13.6. The van der Waals surface area contributed by atoms with Gasteiger partial charge in [-0.25, -0.2) is 0 Å². The standard InChI is InChI=1S/C15H25O5P.H2O/c1-5-19-21(18,6-2)20-10-9-15(3,4)13-8-7-12(16)11-14(13)17;/h7-8,11,16-17H,5-6,9-10H2,1-4H3;1H2. The first-order chi connectivity index (χ1) is 9.74. The van der Waals surface area contributed by atoms with Gasteiger partial charge in [0.1, 0.15) is 11.5 Å². The molecule has 0 aromatic heterocycles. The molecule has 0 amide bonds. The van der Waals surface area contributed by atoms with Crippen molar-refractivity contribution < 1.29 is 29.3 Å². The Morgan fingerprint density at radius 3 is 2.32 bits per heavy atom. The van der Waals surface area contributed by atoms with E-state index in [0.29, 0.717) is 24.8 Å². The monoisotopic (exact) mass is 334 g/mol. The van der Waals surface area contributed by atoms with Crippen LogP contribution in [0, 0.1) is 0 Å². The maximum absolute atomic E-state index is 12.2. The Hall–Kier alpha value is -1.07. The summed E-state index contributed by atoms with van der Waals surface area (Å²) in [4.78, 5) is 0. The lowest BCUT2D eigenvalue weighted by atomic mass is 9.81. The van der Waals surface area contributed by atoms with Gasteiger partial charge in [0.15, 0.2) is 0 Å². The maximum atomic E-state index is 12.2. The van der Waals surface area contributed by atoms with Crippen LogP contribution in [-0.2, 0) is 19.0 Å². The predicted octanol–water partition coefficient (Wildman–Crippen LogP) is 3.21. The summed E-state index contributed by atoms with van der Waals surface area (Å²) in [7, 11) is -3.00. The third-order valence-corrected chi connectivity index (χ3v) is 5.44. The van der Waals surface area contributed by atoms with Crippen molar-refractivity contribution in [2.45, 2.75) is 39.5 Å². The Morgan fingerprint density at radius 2 is 1.82 bits per heavy atom. The van der Waals surface area contributed by atoms with E-state index in [-0.39, 0.29) is 29.0 Å². The molecule has 0 aliphatic carbocycles. The van der Waals surface area contributed by atoms with Crippen LogP contribution in [0.1, 0.15) is 39.7 Å². The molecule has 22 heavy (non-hydrogen) atoms. The second kappa shape index (κ2) is 8.53. The summed E-state index contributed by atoms with van der Waals surface area (Å²) in [5, 5.41) is 19.3. The van der Waals surface area contributed by atoms with Crippen molar-refractivity contribution in [1.82, 2.24) is 0 Å². The van der Waals surface area contributed by atoms with Crippen LogP contribution in [0.5, 0.6) is 11.5 Å². The Morgan fingerprint density at radius 1 is 1.18 bits per heavy atom. The molecule has 1 unspecified atom stereocenters. The van der Waals surface area contributed by atoms with E-state index in [4.69, 9.17) is 9.05 Å². The summed E-state index contributed by atoms with van der Waals surface area (Å²) in [6.45, 7) is 8.10. The first kappa shape index (κ1) is 20.9. The Labute approximate surface area is 131 Å². The Balaban J connectivity index is 0.00000441. The van der Waals surface area contributed by atoms with E-state index < -0.39 is 7.60 Å².